The highest BCUT2D eigenvalue weighted by Gasteiger charge is 2.43. The number of carbonyl (C=O) groups excluding carboxylic acids is 1. The van der Waals surface area contributed by atoms with E-state index in [0.717, 1.165) is 12.8 Å². The highest BCUT2D eigenvalue weighted by Crippen LogP contribution is 2.43. The van der Waals surface area contributed by atoms with Crippen LogP contribution in [-0.2, 0) is 4.79 Å². The van der Waals surface area contributed by atoms with E-state index >= 15 is 0 Å². The average Bonchev–Trinajstić information content (AvgIpc) is 2.75. The molecule has 2 aliphatic carbocycles. The van der Waals surface area contributed by atoms with Gasteiger partial charge in [0.1, 0.15) is 0 Å². The summed E-state index contributed by atoms with van der Waals surface area (Å²) in [4.78, 5) is 12.2. The van der Waals surface area contributed by atoms with E-state index in [0.29, 0.717) is 11.8 Å². The topological polar surface area (TPSA) is 49.3 Å². The van der Waals surface area contributed by atoms with Gasteiger partial charge in [-0.3, -0.25) is 4.79 Å². The lowest BCUT2D eigenvalue weighted by molar-refractivity contribution is -0.130. The molecule has 1 amide bonds. The van der Waals surface area contributed by atoms with E-state index in [1.807, 2.05) is 13.8 Å². The van der Waals surface area contributed by atoms with Crippen LogP contribution in [0, 0.1) is 17.8 Å². The van der Waals surface area contributed by atoms with E-state index < -0.39 is 11.1 Å². The van der Waals surface area contributed by atoms with E-state index in [4.69, 9.17) is 0 Å². The molecule has 1 saturated carbocycles. The van der Waals surface area contributed by atoms with Gasteiger partial charge < -0.3 is 10.4 Å². The molecular weight excluding hydrogens is 214 g/mol. The van der Waals surface area contributed by atoms with Gasteiger partial charge in [0, 0.05) is 5.92 Å². The summed E-state index contributed by atoms with van der Waals surface area (Å²) in [6, 6.07) is 0. The second kappa shape index (κ2) is 3.84. The fourth-order valence-electron chi connectivity index (χ4n) is 2.64. The summed E-state index contributed by atoms with van der Waals surface area (Å²) in [7, 11) is 0. The molecule has 2 N–H and O–H groups in total. The Morgan fingerprint density at radius 3 is 2.29 bits per heavy atom. The monoisotopic (exact) mass is 237 g/mol. The number of hydrogen-bond donors (Lipinski definition) is 2. The quantitative estimate of drug-likeness (QED) is 0.736. The third kappa shape index (κ3) is 2.25. The summed E-state index contributed by atoms with van der Waals surface area (Å²) < 4.78 is 0. The molecule has 0 heterocycles. The Morgan fingerprint density at radius 1 is 1.24 bits per heavy atom. The maximum atomic E-state index is 12.2. The zero-order valence-electron chi connectivity index (χ0n) is 11.2. The number of amides is 1. The predicted octanol–water partition coefficient (Wildman–Crippen LogP) is 1.86. The molecule has 2 aliphatic rings. The van der Waals surface area contributed by atoms with Crippen molar-refractivity contribution in [3.63, 3.8) is 0 Å². The fraction of sp³-hybridized carbons (Fsp3) is 0.786. The van der Waals surface area contributed by atoms with Gasteiger partial charge in [0.25, 0.3) is 0 Å². The number of rotatable bonds is 3. The number of nitrogens with one attached hydrogen (secondary N) is 1. The van der Waals surface area contributed by atoms with Crippen molar-refractivity contribution in [3.05, 3.63) is 12.2 Å². The van der Waals surface area contributed by atoms with Gasteiger partial charge >= 0.3 is 0 Å². The summed E-state index contributed by atoms with van der Waals surface area (Å²) in [6.45, 7) is 7.20. The third-order valence-electron chi connectivity index (χ3n) is 4.58. The SMILES string of the molecule is CC(C)(O)C(C)(C)NC(=O)C1CC2C=CC1C2. The lowest BCUT2D eigenvalue weighted by Gasteiger charge is -2.39. The van der Waals surface area contributed by atoms with Gasteiger partial charge in [-0.1, -0.05) is 12.2 Å². The number of aliphatic hydroxyl groups is 1. The molecule has 0 spiro atoms. The van der Waals surface area contributed by atoms with Crippen LogP contribution in [0.4, 0.5) is 0 Å². The van der Waals surface area contributed by atoms with Crippen molar-refractivity contribution in [3.8, 4) is 0 Å². The van der Waals surface area contributed by atoms with Crippen LogP contribution >= 0.6 is 0 Å². The molecule has 0 aromatic carbocycles. The first-order valence-electron chi connectivity index (χ1n) is 6.43. The van der Waals surface area contributed by atoms with Gasteiger partial charge in [-0.05, 0) is 52.4 Å². The van der Waals surface area contributed by atoms with E-state index in [1.165, 1.54) is 0 Å². The van der Waals surface area contributed by atoms with E-state index in [9.17, 15) is 9.90 Å². The molecule has 3 atom stereocenters. The zero-order chi connectivity index (χ0) is 12.8. The molecule has 3 nitrogen and oxygen atoms in total. The second-order valence-electron chi connectivity index (χ2n) is 6.56. The Morgan fingerprint density at radius 2 is 1.88 bits per heavy atom. The molecule has 0 aromatic rings. The van der Waals surface area contributed by atoms with Crippen molar-refractivity contribution in [2.24, 2.45) is 17.8 Å². The fourth-order valence-corrected chi connectivity index (χ4v) is 2.64. The van der Waals surface area contributed by atoms with E-state index in [-0.39, 0.29) is 11.8 Å². The smallest absolute Gasteiger partial charge is 0.224 e. The van der Waals surface area contributed by atoms with E-state index in [1.54, 1.807) is 13.8 Å². The van der Waals surface area contributed by atoms with Gasteiger partial charge in [-0.2, -0.15) is 0 Å². The minimum Gasteiger partial charge on any atom is -0.388 e. The van der Waals surface area contributed by atoms with Crippen molar-refractivity contribution in [1.82, 2.24) is 5.32 Å². The molecule has 1 fully saturated rings. The average molecular weight is 237 g/mol. The van der Waals surface area contributed by atoms with Crippen LogP contribution in [0.3, 0.4) is 0 Å². The Labute approximate surface area is 103 Å². The van der Waals surface area contributed by atoms with Crippen LogP contribution in [0.25, 0.3) is 0 Å². The lowest BCUT2D eigenvalue weighted by atomic mass is 9.84. The highest BCUT2D eigenvalue weighted by molar-refractivity contribution is 5.80. The normalized spacial score (nSPS) is 31.9. The van der Waals surface area contributed by atoms with Crippen LogP contribution in [0.1, 0.15) is 40.5 Å². The third-order valence-corrected chi connectivity index (χ3v) is 4.58. The van der Waals surface area contributed by atoms with Gasteiger partial charge in [-0.15, -0.1) is 0 Å². The van der Waals surface area contributed by atoms with Crippen molar-refractivity contribution >= 4 is 5.91 Å². The van der Waals surface area contributed by atoms with Crippen LogP contribution in [0.2, 0.25) is 0 Å². The first kappa shape index (κ1) is 12.6. The van der Waals surface area contributed by atoms with Gasteiger partial charge in [-0.25, -0.2) is 0 Å². The maximum Gasteiger partial charge on any atom is 0.224 e. The molecule has 3 unspecified atom stereocenters. The van der Waals surface area contributed by atoms with Crippen molar-refractivity contribution in [1.29, 1.82) is 0 Å². The largest absolute Gasteiger partial charge is 0.388 e. The molecular formula is C14H23NO2. The number of allylic oxidation sites excluding steroid dienone is 2. The van der Waals surface area contributed by atoms with E-state index in [2.05, 4.69) is 17.5 Å². The minimum absolute atomic E-state index is 0.0916. The Hall–Kier alpha value is -0.830. The molecule has 3 heteroatoms. The Bertz CT molecular complexity index is 352. The van der Waals surface area contributed by atoms with Crippen LogP contribution < -0.4 is 5.32 Å². The van der Waals surface area contributed by atoms with Crippen molar-refractivity contribution in [2.75, 3.05) is 0 Å². The first-order chi connectivity index (χ1) is 7.71. The van der Waals surface area contributed by atoms with Crippen LogP contribution in [-0.4, -0.2) is 22.2 Å². The number of carbonyl (C=O) groups is 1. The number of fused-ring (bicyclic) bond motifs is 2. The number of hydrogen-bond acceptors (Lipinski definition) is 2. The Kier molecular flexibility index (Phi) is 2.85. The predicted molar refractivity (Wildman–Crippen MR) is 67.4 cm³/mol. The van der Waals surface area contributed by atoms with Gasteiger partial charge in [0.05, 0.1) is 11.1 Å². The molecule has 17 heavy (non-hydrogen) atoms. The lowest BCUT2D eigenvalue weighted by Crippen LogP contribution is -2.59. The van der Waals surface area contributed by atoms with Gasteiger partial charge in [0.2, 0.25) is 5.91 Å². The molecule has 0 radical (unpaired) electrons. The summed E-state index contributed by atoms with van der Waals surface area (Å²) in [5.74, 6) is 1.21. The second-order valence-corrected chi connectivity index (χ2v) is 6.56. The van der Waals surface area contributed by atoms with Crippen molar-refractivity contribution < 1.29 is 9.90 Å². The van der Waals surface area contributed by atoms with Crippen LogP contribution in [0.15, 0.2) is 12.2 Å². The standard InChI is InChI=1S/C14H23NO2/c1-13(2,14(3,4)17)15-12(16)11-8-9-5-6-10(11)7-9/h5-6,9-11,17H,7-8H2,1-4H3,(H,15,16). The first-order valence-corrected chi connectivity index (χ1v) is 6.43. The van der Waals surface area contributed by atoms with Crippen molar-refractivity contribution in [2.45, 2.75) is 51.7 Å². The molecule has 2 rings (SSSR count). The molecule has 2 bridgehead atoms. The summed E-state index contributed by atoms with van der Waals surface area (Å²) in [6.07, 6.45) is 6.50. The molecule has 0 aliphatic heterocycles. The summed E-state index contributed by atoms with van der Waals surface area (Å²) in [5, 5.41) is 13.0. The van der Waals surface area contributed by atoms with Crippen LogP contribution in [0.5, 0.6) is 0 Å². The molecule has 96 valence electrons. The Balaban J connectivity index is 2.01. The van der Waals surface area contributed by atoms with Gasteiger partial charge in [0.15, 0.2) is 0 Å². The zero-order valence-corrected chi connectivity index (χ0v) is 11.2. The molecule has 0 saturated heterocycles. The highest BCUT2D eigenvalue weighted by atomic mass is 16.3. The minimum atomic E-state index is -0.921. The summed E-state index contributed by atoms with van der Waals surface area (Å²) in [5.41, 5.74) is -1.52. The maximum absolute atomic E-state index is 12.2. The molecule has 0 aromatic heterocycles. The summed E-state index contributed by atoms with van der Waals surface area (Å²) >= 11 is 0.